The average molecular weight is 223 g/mol. The molecule has 0 saturated carbocycles. The summed E-state index contributed by atoms with van der Waals surface area (Å²) in [6.45, 7) is 14.7. The second-order valence-corrected chi connectivity index (χ2v) is 8.13. The second kappa shape index (κ2) is 3.48. The van der Waals surface area contributed by atoms with E-state index in [-0.39, 0.29) is 0 Å². The molecule has 2 aliphatic rings. The minimum Gasteiger partial charge on any atom is -0.311 e. The summed E-state index contributed by atoms with van der Waals surface area (Å²) in [5.41, 5.74) is 1.32. The summed E-state index contributed by atoms with van der Waals surface area (Å²) in [6.07, 6.45) is 5.55. The molecule has 16 heavy (non-hydrogen) atoms. The highest BCUT2D eigenvalue weighted by Gasteiger charge is 2.55. The molecule has 0 aliphatic carbocycles. The fourth-order valence-electron chi connectivity index (χ4n) is 4.50. The highest BCUT2D eigenvalue weighted by atomic mass is 15.0. The van der Waals surface area contributed by atoms with Gasteiger partial charge in [-0.05, 0) is 41.9 Å². The van der Waals surface area contributed by atoms with Crippen molar-refractivity contribution in [2.45, 2.75) is 79.3 Å². The van der Waals surface area contributed by atoms with Crippen LogP contribution in [0.5, 0.6) is 0 Å². The van der Waals surface area contributed by atoms with Crippen molar-refractivity contribution in [3.8, 4) is 0 Å². The van der Waals surface area contributed by atoms with Gasteiger partial charge in [0.25, 0.3) is 0 Å². The van der Waals surface area contributed by atoms with Gasteiger partial charge in [-0.3, -0.25) is 0 Å². The van der Waals surface area contributed by atoms with Gasteiger partial charge in [0.15, 0.2) is 0 Å². The number of hydrogen-bond donors (Lipinski definition) is 1. The van der Waals surface area contributed by atoms with Gasteiger partial charge >= 0.3 is 0 Å². The van der Waals surface area contributed by atoms with Crippen LogP contribution in [0.2, 0.25) is 0 Å². The molecule has 0 aromatic carbocycles. The third-order valence-corrected chi connectivity index (χ3v) is 5.40. The van der Waals surface area contributed by atoms with Crippen LogP contribution in [0.1, 0.15) is 67.2 Å². The minimum absolute atomic E-state index is 0.411. The van der Waals surface area contributed by atoms with E-state index < -0.39 is 0 Å². The van der Waals surface area contributed by atoms with Gasteiger partial charge in [-0.25, -0.2) is 0 Å². The zero-order valence-corrected chi connectivity index (χ0v) is 12.0. The Morgan fingerprint density at radius 2 is 1.19 bits per heavy atom. The van der Waals surface area contributed by atoms with E-state index in [0.717, 1.165) is 12.1 Å². The Bertz CT molecular complexity index is 238. The summed E-state index contributed by atoms with van der Waals surface area (Å²) in [5, 5.41) is 3.79. The van der Waals surface area contributed by atoms with Gasteiger partial charge in [0.1, 0.15) is 0 Å². The molecule has 2 bridgehead atoms. The Morgan fingerprint density at radius 1 is 0.812 bits per heavy atom. The minimum atomic E-state index is 0.411. The Labute approximate surface area is 101 Å². The summed E-state index contributed by atoms with van der Waals surface area (Å²) in [4.78, 5) is 0. The van der Waals surface area contributed by atoms with Crippen molar-refractivity contribution in [1.29, 1.82) is 0 Å². The maximum absolute atomic E-state index is 3.79. The number of hydrogen-bond acceptors (Lipinski definition) is 1. The Kier molecular flexibility index (Phi) is 2.70. The molecule has 1 nitrogen and oxygen atoms in total. The molecule has 0 amide bonds. The largest absolute Gasteiger partial charge is 0.311 e. The number of fused-ring (bicyclic) bond motifs is 2. The van der Waals surface area contributed by atoms with Crippen molar-refractivity contribution in [1.82, 2.24) is 5.32 Å². The third-order valence-electron chi connectivity index (χ3n) is 5.40. The molecule has 2 atom stereocenters. The van der Waals surface area contributed by atoms with Crippen LogP contribution in [0.25, 0.3) is 0 Å². The van der Waals surface area contributed by atoms with E-state index >= 15 is 0 Å². The average Bonchev–Trinajstić information content (AvgIpc) is 2.41. The summed E-state index contributed by atoms with van der Waals surface area (Å²) >= 11 is 0. The van der Waals surface area contributed by atoms with Crippen LogP contribution in [0.3, 0.4) is 0 Å². The van der Waals surface area contributed by atoms with Crippen LogP contribution in [0, 0.1) is 16.2 Å². The zero-order chi connectivity index (χ0) is 12.2. The Hall–Kier alpha value is -0.0400. The van der Waals surface area contributed by atoms with Gasteiger partial charge < -0.3 is 5.32 Å². The first-order chi connectivity index (χ1) is 7.16. The summed E-state index contributed by atoms with van der Waals surface area (Å²) in [6, 6.07) is 1.58. The first-order valence-electron chi connectivity index (χ1n) is 6.92. The Balaban J connectivity index is 2.37. The monoisotopic (exact) mass is 223 g/mol. The summed E-state index contributed by atoms with van der Waals surface area (Å²) in [7, 11) is 0. The van der Waals surface area contributed by atoms with Crippen molar-refractivity contribution < 1.29 is 0 Å². The maximum atomic E-state index is 3.79. The summed E-state index contributed by atoms with van der Waals surface area (Å²) in [5.74, 6) is 0. The van der Waals surface area contributed by atoms with Gasteiger partial charge in [0, 0.05) is 12.1 Å². The van der Waals surface area contributed by atoms with E-state index in [1.54, 1.807) is 0 Å². The van der Waals surface area contributed by atoms with E-state index in [4.69, 9.17) is 0 Å². The number of nitrogens with one attached hydrogen (secondary N) is 1. The zero-order valence-electron chi connectivity index (χ0n) is 12.0. The molecule has 0 radical (unpaired) electrons. The van der Waals surface area contributed by atoms with E-state index in [2.05, 4.69) is 46.9 Å². The fraction of sp³-hybridized carbons (Fsp3) is 1.00. The van der Waals surface area contributed by atoms with Gasteiger partial charge in [-0.2, -0.15) is 0 Å². The topological polar surface area (TPSA) is 12.0 Å². The summed E-state index contributed by atoms with van der Waals surface area (Å²) < 4.78 is 0. The van der Waals surface area contributed by atoms with Crippen LogP contribution in [0.4, 0.5) is 0 Å². The molecule has 94 valence electrons. The predicted molar refractivity (Wildman–Crippen MR) is 70.5 cm³/mol. The highest BCUT2D eigenvalue weighted by molar-refractivity contribution is 5.08. The first kappa shape index (κ1) is 12.4. The molecule has 2 aliphatic heterocycles. The van der Waals surface area contributed by atoms with Crippen LogP contribution < -0.4 is 5.32 Å². The van der Waals surface area contributed by atoms with Crippen LogP contribution in [0.15, 0.2) is 0 Å². The number of piperidine rings is 1. The normalized spacial score (nSPS) is 34.1. The van der Waals surface area contributed by atoms with Crippen LogP contribution in [-0.4, -0.2) is 12.1 Å². The molecule has 1 N–H and O–H groups in total. The molecule has 2 unspecified atom stereocenters. The molecular formula is C15H29N. The molecular weight excluding hydrogens is 194 g/mol. The lowest BCUT2D eigenvalue weighted by Gasteiger charge is -2.58. The van der Waals surface area contributed by atoms with E-state index in [1.807, 2.05) is 0 Å². The molecule has 2 saturated heterocycles. The second-order valence-electron chi connectivity index (χ2n) is 8.13. The van der Waals surface area contributed by atoms with Gasteiger partial charge in [0.05, 0.1) is 0 Å². The van der Waals surface area contributed by atoms with Gasteiger partial charge in [-0.1, -0.05) is 41.5 Å². The number of rotatable bonds is 0. The third kappa shape index (κ3) is 1.72. The molecule has 2 rings (SSSR count). The van der Waals surface area contributed by atoms with Gasteiger partial charge in [0.2, 0.25) is 0 Å². The SMILES string of the molecule is CC(C)(C)C1(C(C)(C)C)CC2CCC(C1)N2. The molecule has 0 spiro atoms. The smallest absolute Gasteiger partial charge is 0.00759 e. The van der Waals surface area contributed by atoms with Crippen molar-refractivity contribution >= 4 is 0 Å². The predicted octanol–water partition coefficient (Wildman–Crippen LogP) is 3.98. The van der Waals surface area contributed by atoms with Crippen molar-refractivity contribution in [3.05, 3.63) is 0 Å². The van der Waals surface area contributed by atoms with Gasteiger partial charge in [-0.15, -0.1) is 0 Å². The van der Waals surface area contributed by atoms with E-state index in [0.29, 0.717) is 16.2 Å². The first-order valence-corrected chi connectivity index (χ1v) is 6.92. The quantitative estimate of drug-likeness (QED) is 0.655. The van der Waals surface area contributed by atoms with Crippen molar-refractivity contribution in [3.63, 3.8) is 0 Å². The van der Waals surface area contributed by atoms with Crippen molar-refractivity contribution in [2.75, 3.05) is 0 Å². The van der Waals surface area contributed by atoms with E-state index in [1.165, 1.54) is 25.7 Å². The van der Waals surface area contributed by atoms with E-state index in [9.17, 15) is 0 Å². The standard InChI is InChI=1S/C15H29N/c1-13(2,3)15(14(4,5)6)9-11-7-8-12(10-15)16-11/h11-12,16H,7-10H2,1-6H3. The lowest BCUT2D eigenvalue weighted by Crippen LogP contribution is -2.56. The van der Waals surface area contributed by atoms with Crippen LogP contribution >= 0.6 is 0 Å². The lowest BCUT2D eigenvalue weighted by molar-refractivity contribution is -0.0724. The molecule has 1 heteroatoms. The van der Waals surface area contributed by atoms with Crippen molar-refractivity contribution in [2.24, 2.45) is 16.2 Å². The Morgan fingerprint density at radius 3 is 1.50 bits per heavy atom. The molecule has 0 aromatic heterocycles. The molecule has 2 fully saturated rings. The fourth-order valence-corrected chi connectivity index (χ4v) is 4.50. The molecule has 0 aromatic rings. The molecule has 2 heterocycles. The maximum Gasteiger partial charge on any atom is 0.00759 e. The van der Waals surface area contributed by atoms with Crippen LogP contribution in [-0.2, 0) is 0 Å². The highest BCUT2D eigenvalue weighted by Crippen LogP contribution is 2.60. The lowest BCUT2D eigenvalue weighted by atomic mass is 9.49.